The Bertz CT molecular complexity index is 1590. The molecule has 0 amide bonds. The Morgan fingerprint density at radius 3 is 2.62 bits per heavy atom. The molecule has 40 heavy (non-hydrogen) atoms. The number of carbonyl (C=O) groups is 1. The van der Waals surface area contributed by atoms with E-state index in [-0.39, 0.29) is 30.0 Å². The number of carbonyl (C=O) groups excluding carboxylic acids is 1. The van der Waals surface area contributed by atoms with Crippen molar-refractivity contribution in [1.82, 2.24) is 4.57 Å². The van der Waals surface area contributed by atoms with Crippen LogP contribution in [0.3, 0.4) is 0 Å². The average molecular weight is 566 g/mol. The molecule has 1 unspecified atom stereocenters. The third-order valence-electron chi connectivity index (χ3n) is 6.35. The lowest BCUT2D eigenvalue weighted by molar-refractivity contribution is -0.384. The Morgan fingerprint density at radius 1 is 1.15 bits per heavy atom. The highest BCUT2D eigenvalue weighted by molar-refractivity contribution is 7.07. The van der Waals surface area contributed by atoms with E-state index in [1.165, 1.54) is 23.8 Å². The van der Waals surface area contributed by atoms with Crippen LogP contribution in [0.5, 0.6) is 5.75 Å². The van der Waals surface area contributed by atoms with E-state index >= 15 is 0 Å². The third kappa shape index (κ3) is 6.54. The van der Waals surface area contributed by atoms with Gasteiger partial charge in [-0.2, -0.15) is 0 Å². The molecule has 3 aromatic rings. The van der Waals surface area contributed by atoms with Crippen molar-refractivity contribution in [3.8, 4) is 5.75 Å². The van der Waals surface area contributed by atoms with E-state index < -0.39 is 16.9 Å². The maximum atomic E-state index is 13.8. The Hall–Kier alpha value is -4.09. The number of nitro benzene ring substituents is 1. The molecule has 0 spiro atoms. The molecule has 11 heteroatoms. The van der Waals surface area contributed by atoms with Crippen LogP contribution >= 0.6 is 11.3 Å². The minimum Gasteiger partial charge on any atom is -0.494 e. The summed E-state index contributed by atoms with van der Waals surface area (Å²) in [6.07, 6.45) is 4.74. The summed E-state index contributed by atoms with van der Waals surface area (Å²) < 4.78 is 18.1. The number of aromatic nitrogens is 1. The molecule has 0 N–H and O–H groups in total. The summed E-state index contributed by atoms with van der Waals surface area (Å²) in [5.74, 6) is 0.110. The molecule has 2 aromatic carbocycles. The van der Waals surface area contributed by atoms with Crippen molar-refractivity contribution in [3.05, 3.63) is 101 Å². The molecule has 1 aliphatic rings. The highest BCUT2D eigenvalue weighted by atomic mass is 32.1. The van der Waals surface area contributed by atoms with Crippen LogP contribution < -0.4 is 19.6 Å². The molecule has 2 heterocycles. The molecular formula is C29H31N3O7S. The Balaban J connectivity index is 1.78. The molecular weight excluding hydrogens is 534 g/mol. The first kappa shape index (κ1) is 28.9. The van der Waals surface area contributed by atoms with E-state index in [0.717, 1.165) is 30.6 Å². The standard InChI is InChI=1S/C29H31N3O7S/c1-4-5-6-14-38-23-12-10-21(11-13-23)26-25(28(34)39-16-15-37-3)19(2)30-29-31(26)27(33)24(40-29)18-20-8-7-9-22(17-20)32(35)36/h7-13,17-18,26H,4-6,14-16H2,1-3H3. The minimum atomic E-state index is -0.785. The molecule has 0 saturated carbocycles. The summed E-state index contributed by atoms with van der Waals surface area (Å²) in [6, 6.07) is 12.6. The van der Waals surface area contributed by atoms with Gasteiger partial charge in [0.15, 0.2) is 4.80 Å². The summed E-state index contributed by atoms with van der Waals surface area (Å²) in [5, 5.41) is 11.2. The number of benzene rings is 2. The number of ether oxygens (including phenoxy) is 3. The second-order valence-electron chi connectivity index (χ2n) is 9.19. The van der Waals surface area contributed by atoms with Gasteiger partial charge in [-0.15, -0.1) is 0 Å². The number of fused-ring (bicyclic) bond motifs is 1. The van der Waals surface area contributed by atoms with Crippen LogP contribution in [-0.2, 0) is 14.3 Å². The van der Waals surface area contributed by atoms with Crippen LogP contribution in [0.4, 0.5) is 5.69 Å². The van der Waals surface area contributed by atoms with Gasteiger partial charge in [0.2, 0.25) is 0 Å². The van der Waals surface area contributed by atoms with Gasteiger partial charge in [-0.3, -0.25) is 19.5 Å². The summed E-state index contributed by atoms with van der Waals surface area (Å²) >= 11 is 1.15. The zero-order valence-electron chi connectivity index (χ0n) is 22.6. The molecule has 210 valence electrons. The lowest BCUT2D eigenvalue weighted by Gasteiger charge is -2.25. The molecule has 4 rings (SSSR count). The third-order valence-corrected chi connectivity index (χ3v) is 7.34. The summed E-state index contributed by atoms with van der Waals surface area (Å²) in [4.78, 5) is 42.7. The minimum absolute atomic E-state index is 0.0561. The maximum absolute atomic E-state index is 13.8. The fourth-order valence-corrected chi connectivity index (χ4v) is 5.41. The molecule has 0 fully saturated rings. The topological polar surface area (TPSA) is 122 Å². The maximum Gasteiger partial charge on any atom is 0.338 e. The van der Waals surface area contributed by atoms with Gasteiger partial charge in [-0.05, 0) is 42.7 Å². The molecule has 10 nitrogen and oxygen atoms in total. The van der Waals surface area contributed by atoms with Gasteiger partial charge in [0.1, 0.15) is 12.4 Å². The van der Waals surface area contributed by atoms with Crippen LogP contribution in [0.2, 0.25) is 0 Å². The van der Waals surface area contributed by atoms with Gasteiger partial charge in [-0.1, -0.05) is 55.4 Å². The Kier molecular flexibility index (Phi) is 9.62. The zero-order valence-corrected chi connectivity index (χ0v) is 23.4. The number of thiazole rings is 1. The summed E-state index contributed by atoms with van der Waals surface area (Å²) in [7, 11) is 1.51. The Morgan fingerprint density at radius 2 is 1.93 bits per heavy atom. The number of methoxy groups -OCH3 is 1. The number of nitrogens with zero attached hydrogens (tertiary/aromatic N) is 3. The largest absolute Gasteiger partial charge is 0.494 e. The predicted molar refractivity (Wildman–Crippen MR) is 151 cm³/mol. The zero-order chi connectivity index (χ0) is 28.6. The van der Waals surface area contributed by atoms with E-state index in [2.05, 4.69) is 11.9 Å². The van der Waals surface area contributed by atoms with Gasteiger partial charge in [0.05, 0.1) is 40.0 Å². The molecule has 1 aliphatic heterocycles. The fraction of sp³-hybridized carbons (Fsp3) is 0.345. The quantitative estimate of drug-likeness (QED) is 0.141. The van der Waals surface area contributed by atoms with Crippen molar-refractivity contribution < 1.29 is 23.9 Å². The van der Waals surface area contributed by atoms with Crippen LogP contribution in [0.25, 0.3) is 6.08 Å². The van der Waals surface area contributed by atoms with Crippen LogP contribution in [0.1, 0.15) is 50.3 Å². The normalized spacial score (nSPS) is 15.0. The SMILES string of the molecule is CCCCCOc1ccc(C2C(C(=O)OCCOC)=C(C)N=c3sc(=Cc4cccc([N+](=O)[O-])c4)c(=O)n32)cc1. The number of hydrogen-bond donors (Lipinski definition) is 0. The second-order valence-corrected chi connectivity index (χ2v) is 10.2. The van der Waals surface area contributed by atoms with Gasteiger partial charge < -0.3 is 14.2 Å². The van der Waals surface area contributed by atoms with Gasteiger partial charge in [0, 0.05) is 19.2 Å². The van der Waals surface area contributed by atoms with Crippen LogP contribution in [-0.4, -0.2) is 42.4 Å². The monoisotopic (exact) mass is 565 g/mol. The average Bonchev–Trinajstić information content (AvgIpc) is 3.24. The van der Waals surface area contributed by atoms with E-state index in [1.54, 1.807) is 25.1 Å². The van der Waals surface area contributed by atoms with Crippen LogP contribution in [0, 0.1) is 10.1 Å². The van der Waals surface area contributed by atoms with E-state index in [0.29, 0.717) is 38.5 Å². The number of hydrogen-bond acceptors (Lipinski definition) is 9. The van der Waals surface area contributed by atoms with Crippen molar-refractivity contribution in [2.24, 2.45) is 4.99 Å². The van der Waals surface area contributed by atoms with Gasteiger partial charge in [0.25, 0.3) is 11.2 Å². The number of esters is 1. The molecule has 1 aromatic heterocycles. The van der Waals surface area contributed by atoms with Gasteiger partial charge >= 0.3 is 5.97 Å². The molecule has 0 saturated heterocycles. The Labute approximate surface area is 235 Å². The molecule has 0 aliphatic carbocycles. The number of rotatable bonds is 12. The van der Waals surface area contributed by atoms with E-state index in [4.69, 9.17) is 14.2 Å². The van der Waals surface area contributed by atoms with Crippen molar-refractivity contribution in [2.45, 2.75) is 39.2 Å². The summed E-state index contributed by atoms with van der Waals surface area (Å²) in [6.45, 7) is 4.74. The highest BCUT2D eigenvalue weighted by Crippen LogP contribution is 2.31. The van der Waals surface area contributed by atoms with E-state index in [9.17, 15) is 19.7 Å². The molecule has 0 bridgehead atoms. The summed E-state index contributed by atoms with van der Waals surface area (Å²) in [5.41, 5.74) is 1.45. The van der Waals surface area contributed by atoms with Crippen molar-refractivity contribution in [2.75, 3.05) is 26.9 Å². The molecule has 1 atom stereocenters. The van der Waals surface area contributed by atoms with Crippen molar-refractivity contribution in [3.63, 3.8) is 0 Å². The predicted octanol–water partition coefficient (Wildman–Crippen LogP) is 3.90. The van der Waals surface area contributed by atoms with Crippen LogP contribution in [0.15, 0.2) is 69.6 Å². The van der Waals surface area contributed by atoms with Crippen molar-refractivity contribution >= 4 is 29.1 Å². The molecule has 0 radical (unpaired) electrons. The lowest BCUT2D eigenvalue weighted by atomic mass is 9.96. The number of non-ortho nitro benzene ring substituents is 1. The van der Waals surface area contributed by atoms with Gasteiger partial charge in [-0.25, -0.2) is 9.79 Å². The highest BCUT2D eigenvalue weighted by Gasteiger charge is 2.33. The fourth-order valence-electron chi connectivity index (χ4n) is 4.36. The van der Waals surface area contributed by atoms with E-state index in [1.807, 2.05) is 24.3 Å². The smallest absolute Gasteiger partial charge is 0.338 e. The second kappa shape index (κ2) is 13.3. The number of nitro groups is 1. The first-order chi connectivity index (χ1) is 19.3. The van der Waals surface area contributed by atoms with Crippen molar-refractivity contribution in [1.29, 1.82) is 0 Å². The number of allylic oxidation sites excluding steroid dienone is 1. The number of unbranched alkanes of at least 4 members (excludes halogenated alkanes) is 2. The first-order valence-corrected chi connectivity index (χ1v) is 13.8. The first-order valence-electron chi connectivity index (χ1n) is 13.0. The lowest BCUT2D eigenvalue weighted by Crippen LogP contribution is -2.40.